The van der Waals surface area contributed by atoms with E-state index in [4.69, 9.17) is 9.84 Å². The summed E-state index contributed by atoms with van der Waals surface area (Å²) < 4.78 is 6.25. The van der Waals surface area contributed by atoms with E-state index >= 15 is 0 Å². The maximum atomic E-state index is 10.6. The first-order chi connectivity index (χ1) is 8.66. The Bertz CT molecular complexity index is 467. The standard InChI is InChI=1S/C13H14BrNO3/c14-11-2-3-12(15-5-7-18-8-6-15)10(9-11)1-4-13(16)17/h1-4,9H,5-8H2,(H,16,17)/b4-1+. The van der Waals surface area contributed by atoms with Crippen LogP contribution < -0.4 is 4.90 Å². The number of carboxylic acid groups (broad SMARTS) is 1. The van der Waals surface area contributed by atoms with Gasteiger partial charge in [-0.2, -0.15) is 0 Å². The quantitative estimate of drug-likeness (QED) is 0.871. The molecule has 0 unspecified atom stereocenters. The molecule has 4 nitrogen and oxygen atoms in total. The number of anilines is 1. The van der Waals surface area contributed by atoms with E-state index < -0.39 is 5.97 Å². The third-order valence-electron chi connectivity index (χ3n) is 2.75. The van der Waals surface area contributed by atoms with Crippen LogP contribution in [0.2, 0.25) is 0 Å². The number of nitrogens with zero attached hydrogens (tertiary/aromatic N) is 1. The van der Waals surface area contributed by atoms with Crippen LogP contribution in [0.4, 0.5) is 5.69 Å². The van der Waals surface area contributed by atoms with Gasteiger partial charge >= 0.3 is 5.97 Å². The average molecular weight is 312 g/mol. The molecule has 1 saturated heterocycles. The lowest BCUT2D eigenvalue weighted by molar-refractivity contribution is -0.131. The number of rotatable bonds is 3. The van der Waals surface area contributed by atoms with Gasteiger partial charge in [0.05, 0.1) is 13.2 Å². The first-order valence-corrected chi connectivity index (χ1v) is 6.49. The van der Waals surface area contributed by atoms with Crippen molar-refractivity contribution >= 4 is 33.7 Å². The van der Waals surface area contributed by atoms with Gasteiger partial charge in [0.25, 0.3) is 0 Å². The van der Waals surface area contributed by atoms with Gasteiger partial charge in [-0.25, -0.2) is 4.79 Å². The van der Waals surface area contributed by atoms with Gasteiger partial charge in [0.15, 0.2) is 0 Å². The molecule has 0 spiro atoms. The first kappa shape index (κ1) is 13.1. The summed E-state index contributed by atoms with van der Waals surface area (Å²) in [6.07, 6.45) is 2.78. The molecule has 0 aliphatic carbocycles. The molecule has 1 aliphatic heterocycles. The van der Waals surface area contributed by atoms with E-state index in [1.54, 1.807) is 6.08 Å². The van der Waals surface area contributed by atoms with Crippen LogP contribution in [-0.2, 0) is 9.53 Å². The van der Waals surface area contributed by atoms with Crippen LogP contribution in [0.15, 0.2) is 28.7 Å². The Morgan fingerprint density at radius 1 is 1.39 bits per heavy atom. The van der Waals surface area contributed by atoms with Crippen molar-refractivity contribution in [3.63, 3.8) is 0 Å². The van der Waals surface area contributed by atoms with Crippen LogP contribution >= 0.6 is 15.9 Å². The molecule has 1 aromatic carbocycles. The van der Waals surface area contributed by atoms with Crippen molar-refractivity contribution in [1.82, 2.24) is 0 Å². The summed E-state index contributed by atoms with van der Waals surface area (Å²) in [6.45, 7) is 3.07. The van der Waals surface area contributed by atoms with Gasteiger partial charge in [0.2, 0.25) is 0 Å². The van der Waals surface area contributed by atoms with Gasteiger partial charge in [0, 0.05) is 29.3 Å². The normalized spacial score (nSPS) is 16.2. The lowest BCUT2D eigenvalue weighted by Gasteiger charge is -2.30. The third-order valence-corrected chi connectivity index (χ3v) is 3.24. The number of aliphatic carboxylic acids is 1. The Morgan fingerprint density at radius 2 is 2.11 bits per heavy atom. The summed E-state index contributed by atoms with van der Waals surface area (Å²) in [6, 6.07) is 5.88. The molecule has 1 fully saturated rings. The molecular formula is C13H14BrNO3. The number of hydrogen-bond acceptors (Lipinski definition) is 3. The summed E-state index contributed by atoms with van der Waals surface area (Å²) in [5.41, 5.74) is 1.94. The highest BCUT2D eigenvalue weighted by Gasteiger charge is 2.13. The molecule has 0 aromatic heterocycles. The van der Waals surface area contributed by atoms with Crippen LogP contribution in [0.3, 0.4) is 0 Å². The largest absolute Gasteiger partial charge is 0.478 e. The zero-order valence-corrected chi connectivity index (χ0v) is 11.4. The maximum Gasteiger partial charge on any atom is 0.328 e. The topological polar surface area (TPSA) is 49.8 Å². The molecule has 5 heteroatoms. The molecular weight excluding hydrogens is 298 g/mol. The fourth-order valence-electron chi connectivity index (χ4n) is 1.91. The van der Waals surface area contributed by atoms with Crippen molar-refractivity contribution in [2.45, 2.75) is 0 Å². The molecule has 1 N–H and O–H groups in total. The molecule has 0 radical (unpaired) electrons. The van der Waals surface area contributed by atoms with E-state index in [9.17, 15) is 4.79 Å². The first-order valence-electron chi connectivity index (χ1n) is 5.70. The minimum Gasteiger partial charge on any atom is -0.478 e. The molecule has 18 heavy (non-hydrogen) atoms. The lowest BCUT2D eigenvalue weighted by Crippen LogP contribution is -2.36. The van der Waals surface area contributed by atoms with E-state index in [2.05, 4.69) is 20.8 Å². The van der Waals surface area contributed by atoms with Crippen LogP contribution in [0, 0.1) is 0 Å². The Balaban J connectivity index is 2.30. The van der Waals surface area contributed by atoms with Gasteiger partial charge in [-0.3, -0.25) is 0 Å². The predicted molar refractivity (Wildman–Crippen MR) is 73.8 cm³/mol. The molecule has 0 amide bonds. The molecule has 2 rings (SSSR count). The molecule has 96 valence electrons. The molecule has 1 heterocycles. The fourth-order valence-corrected chi connectivity index (χ4v) is 2.29. The van der Waals surface area contributed by atoms with Crippen molar-refractivity contribution in [1.29, 1.82) is 0 Å². The molecule has 1 aliphatic rings. The fraction of sp³-hybridized carbons (Fsp3) is 0.308. The number of carboxylic acids is 1. The van der Waals surface area contributed by atoms with Crippen LogP contribution in [0.5, 0.6) is 0 Å². The minimum absolute atomic E-state index is 0.706. The van der Waals surface area contributed by atoms with Gasteiger partial charge < -0.3 is 14.7 Å². The van der Waals surface area contributed by atoms with Gasteiger partial charge in [0.1, 0.15) is 0 Å². The number of ether oxygens (including phenoxy) is 1. The van der Waals surface area contributed by atoms with E-state index in [1.165, 1.54) is 0 Å². The molecule has 1 aromatic rings. The second-order valence-electron chi connectivity index (χ2n) is 3.97. The smallest absolute Gasteiger partial charge is 0.328 e. The highest BCUT2D eigenvalue weighted by molar-refractivity contribution is 9.10. The van der Waals surface area contributed by atoms with Crippen molar-refractivity contribution in [2.24, 2.45) is 0 Å². The summed E-state index contributed by atoms with van der Waals surface area (Å²) in [5.74, 6) is -0.942. The van der Waals surface area contributed by atoms with Crippen molar-refractivity contribution < 1.29 is 14.6 Å². The van der Waals surface area contributed by atoms with E-state index in [0.717, 1.165) is 34.9 Å². The van der Waals surface area contributed by atoms with Crippen molar-refractivity contribution in [3.8, 4) is 0 Å². The third kappa shape index (κ3) is 3.34. The monoisotopic (exact) mass is 311 g/mol. The SMILES string of the molecule is O=C(O)/C=C/c1cc(Br)ccc1N1CCOCC1. The number of morpholine rings is 1. The molecule has 0 saturated carbocycles. The molecule has 0 atom stereocenters. The Hall–Kier alpha value is -1.33. The van der Waals surface area contributed by atoms with Crippen molar-refractivity contribution in [2.75, 3.05) is 31.2 Å². The summed E-state index contributed by atoms with van der Waals surface area (Å²) in [7, 11) is 0. The predicted octanol–water partition coefficient (Wildman–Crippen LogP) is 2.38. The van der Waals surface area contributed by atoms with Gasteiger partial charge in [-0.05, 0) is 29.8 Å². The van der Waals surface area contributed by atoms with E-state index in [1.807, 2.05) is 18.2 Å². The maximum absolute atomic E-state index is 10.6. The van der Waals surface area contributed by atoms with Crippen LogP contribution in [-0.4, -0.2) is 37.4 Å². The number of hydrogen-bond donors (Lipinski definition) is 1. The minimum atomic E-state index is -0.942. The van der Waals surface area contributed by atoms with Crippen LogP contribution in [0.25, 0.3) is 6.08 Å². The highest BCUT2D eigenvalue weighted by Crippen LogP contribution is 2.26. The van der Waals surface area contributed by atoms with E-state index in [-0.39, 0.29) is 0 Å². The highest BCUT2D eigenvalue weighted by atomic mass is 79.9. The zero-order valence-electron chi connectivity index (χ0n) is 9.80. The van der Waals surface area contributed by atoms with Crippen molar-refractivity contribution in [3.05, 3.63) is 34.3 Å². The summed E-state index contributed by atoms with van der Waals surface area (Å²) in [4.78, 5) is 12.8. The van der Waals surface area contributed by atoms with Crippen LogP contribution in [0.1, 0.15) is 5.56 Å². The average Bonchev–Trinajstić information content (AvgIpc) is 2.37. The summed E-state index contributed by atoms with van der Waals surface area (Å²) in [5, 5.41) is 8.71. The Labute approximate surface area is 114 Å². The number of halogens is 1. The summed E-state index contributed by atoms with van der Waals surface area (Å²) >= 11 is 3.40. The number of benzene rings is 1. The Morgan fingerprint density at radius 3 is 2.78 bits per heavy atom. The van der Waals surface area contributed by atoms with Gasteiger partial charge in [-0.15, -0.1) is 0 Å². The Kier molecular flexibility index (Phi) is 4.38. The number of carbonyl (C=O) groups is 1. The zero-order chi connectivity index (χ0) is 13.0. The second kappa shape index (κ2) is 6.02. The lowest BCUT2D eigenvalue weighted by atomic mass is 10.1. The van der Waals surface area contributed by atoms with E-state index in [0.29, 0.717) is 13.2 Å². The van der Waals surface area contributed by atoms with Gasteiger partial charge in [-0.1, -0.05) is 15.9 Å². The second-order valence-corrected chi connectivity index (χ2v) is 4.89. The molecule has 0 bridgehead atoms.